The monoisotopic (exact) mass is 747 g/mol. The number of amides is 2. The number of aromatic amines is 1. The molecule has 54 heavy (non-hydrogen) atoms. The summed E-state index contributed by atoms with van der Waals surface area (Å²) < 4.78 is 65.5. The topological polar surface area (TPSA) is 147 Å². The lowest BCUT2D eigenvalue weighted by Gasteiger charge is -2.31. The van der Waals surface area contributed by atoms with Crippen molar-refractivity contribution in [3.8, 4) is 16.9 Å². The number of aromatic hydroxyl groups is 1. The van der Waals surface area contributed by atoms with Crippen LogP contribution in [0.4, 0.5) is 33.8 Å². The average Bonchev–Trinajstić information content (AvgIpc) is 3.17. The average molecular weight is 748 g/mol. The summed E-state index contributed by atoms with van der Waals surface area (Å²) in [4.78, 5) is 41.3. The first kappa shape index (κ1) is 38.0. The SMILES string of the molecule is O=C(Nc1ccccc1-c1ccccc1)OC1CCN(CCC(=O)N(F)c2cc(F)c(CNCC(O)c3ccc(O)c4[nH]c(=O)ccc34)c(F)c2F)CC1. The second kappa shape index (κ2) is 16.9. The third kappa shape index (κ3) is 8.71. The van der Waals surface area contributed by atoms with Gasteiger partial charge in [-0.2, -0.15) is 0 Å². The van der Waals surface area contributed by atoms with E-state index in [1.54, 1.807) is 12.1 Å². The van der Waals surface area contributed by atoms with Gasteiger partial charge in [-0.3, -0.25) is 14.9 Å². The molecular weight excluding hydrogens is 710 g/mol. The van der Waals surface area contributed by atoms with Crippen molar-refractivity contribution in [2.45, 2.75) is 38.0 Å². The molecular formula is C39H37F4N5O6. The Balaban J connectivity index is 0.970. The molecule has 0 spiro atoms. The number of anilines is 2. The first-order chi connectivity index (χ1) is 26.0. The number of piperidine rings is 1. The van der Waals surface area contributed by atoms with Crippen LogP contribution in [-0.2, 0) is 16.1 Å². The first-order valence-corrected chi connectivity index (χ1v) is 17.2. The van der Waals surface area contributed by atoms with Crippen LogP contribution in [0.2, 0.25) is 0 Å². The highest BCUT2D eigenvalue weighted by Crippen LogP contribution is 2.31. The van der Waals surface area contributed by atoms with Crippen LogP contribution in [-0.4, -0.2) is 64.4 Å². The van der Waals surface area contributed by atoms with Gasteiger partial charge in [0.25, 0.3) is 5.91 Å². The Morgan fingerprint density at radius 1 is 0.963 bits per heavy atom. The Hall–Kier alpha value is -5.77. The number of aliphatic hydroxyl groups is 1. The number of aromatic nitrogens is 1. The summed E-state index contributed by atoms with van der Waals surface area (Å²) in [6.45, 7) is 0.0608. The van der Waals surface area contributed by atoms with Gasteiger partial charge in [0.1, 0.15) is 23.4 Å². The zero-order valence-electron chi connectivity index (χ0n) is 28.8. The molecule has 4 aromatic carbocycles. The van der Waals surface area contributed by atoms with Gasteiger partial charge in [-0.15, -0.1) is 5.12 Å². The number of rotatable bonds is 12. The molecule has 1 saturated heterocycles. The number of ether oxygens (including phenoxy) is 1. The van der Waals surface area contributed by atoms with E-state index in [0.29, 0.717) is 48.6 Å². The van der Waals surface area contributed by atoms with Crippen molar-refractivity contribution in [2.75, 3.05) is 36.6 Å². The van der Waals surface area contributed by atoms with Crippen molar-refractivity contribution >= 4 is 34.3 Å². The summed E-state index contributed by atoms with van der Waals surface area (Å²) in [5.41, 5.74) is 0.296. The number of benzene rings is 4. The molecule has 0 saturated carbocycles. The third-order valence-corrected chi connectivity index (χ3v) is 9.27. The zero-order valence-corrected chi connectivity index (χ0v) is 28.8. The van der Waals surface area contributed by atoms with Crippen LogP contribution in [0.25, 0.3) is 22.0 Å². The lowest BCUT2D eigenvalue weighted by Crippen LogP contribution is -2.40. The largest absolute Gasteiger partial charge is 0.506 e. The molecule has 282 valence electrons. The summed E-state index contributed by atoms with van der Waals surface area (Å²) in [5, 5.41) is 25.9. The van der Waals surface area contributed by atoms with Crippen LogP contribution >= 0.6 is 0 Å². The molecule has 5 aromatic rings. The fourth-order valence-electron chi connectivity index (χ4n) is 6.41. The summed E-state index contributed by atoms with van der Waals surface area (Å²) in [5.74, 6) is -6.21. The van der Waals surface area contributed by atoms with Crippen molar-refractivity contribution in [3.05, 3.63) is 124 Å². The van der Waals surface area contributed by atoms with E-state index in [1.807, 2.05) is 47.4 Å². The minimum absolute atomic E-state index is 0.0753. The Labute approximate surface area is 306 Å². The lowest BCUT2D eigenvalue weighted by molar-refractivity contribution is -0.121. The molecule has 0 aliphatic carbocycles. The van der Waals surface area contributed by atoms with Gasteiger partial charge in [0.15, 0.2) is 11.6 Å². The molecule has 1 fully saturated rings. The minimum atomic E-state index is -1.76. The molecule has 1 aliphatic rings. The number of carbonyl (C=O) groups is 2. The Bertz CT molecular complexity index is 2200. The van der Waals surface area contributed by atoms with Crippen LogP contribution in [0.15, 0.2) is 89.7 Å². The van der Waals surface area contributed by atoms with Gasteiger partial charge in [0.2, 0.25) is 5.56 Å². The fourth-order valence-corrected chi connectivity index (χ4v) is 6.41. The quantitative estimate of drug-likeness (QED) is 0.0556. The molecule has 5 N–H and O–H groups in total. The van der Waals surface area contributed by atoms with E-state index in [1.165, 1.54) is 24.3 Å². The van der Waals surface area contributed by atoms with Gasteiger partial charge in [-0.05, 0) is 42.2 Å². The number of carbonyl (C=O) groups excluding carboxylic acids is 2. The number of phenolic OH excluding ortho intramolecular Hbond substituents is 1. The van der Waals surface area contributed by atoms with Crippen LogP contribution < -0.4 is 21.3 Å². The predicted octanol–water partition coefficient (Wildman–Crippen LogP) is 6.46. The number of hydrogen-bond acceptors (Lipinski definition) is 8. The molecule has 1 atom stereocenters. The second-order valence-corrected chi connectivity index (χ2v) is 12.8. The van der Waals surface area contributed by atoms with Crippen LogP contribution in [0.3, 0.4) is 0 Å². The standard InChI is InChI=1S/C39H37F4N5O6/c40-29-20-31(37(42)36(41)28(29)21-44-22-33(50)26-10-12-32(49)38-27(26)11-13-34(51)46-38)48(43)35(52)16-19-47-17-14-24(15-18-47)54-39(53)45-30-9-5-4-8-25(30)23-6-2-1-3-7-23/h1-13,20,24,33,44,49-50H,14-19,21-22H2,(H,45,53)(H,46,51). The van der Waals surface area contributed by atoms with Gasteiger partial charge in [0, 0.05) is 67.8 Å². The van der Waals surface area contributed by atoms with Gasteiger partial charge in [-0.25, -0.2) is 18.0 Å². The number of aliphatic hydroxyl groups excluding tert-OH is 1. The van der Waals surface area contributed by atoms with Gasteiger partial charge in [0.05, 0.1) is 17.3 Å². The van der Waals surface area contributed by atoms with E-state index in [4.69, 9.17) is 4.74 Å². The van der Waals surface area contributed by atoms with Gasteiger partial charge in [-0.1, -0.05) is 59.1 Å². The number of para-hydroxylation sites is 1. The number of halogens is 4. The normalized spacial score (nSPS) is 14.2. The predicted molar refractivity (Wildman–Crippen MR) is 194 cm³/mol. The van der Waals surface area contributed by atoms with Crippen molar-refractivity contribution in [1.82, 2.24) is 15.2 Å². The number of H-pyrrole nitrogens is 1. The molecule has 1 unspecified atom stereocenters. The summed E-state index contributed by atoms with van der Waals surface area (Å²) in [6, 6.07) is 22.6. The Kier molecular flexibility index (Phi) is 11.9. The highest BCUT2D eigenvalue weighted by molar-refractivity contribution is 5.92. The van der Waals surface area contributed by atoms with Gasteiger partial charge >= 0.3 is 6.09 Å². The van der Waals surface area contributed by atoms with E-state index in [9.17, 15) is 37.8 Å². The first-order valence-electron chi connectivity index (χ1n) is 17.2. The molecule has 0 bridgehead atoms. The van der Waals surface area contributed by atoms with E-state index in [-0.39, 0.29) is 24.4 Å². The molecule has 11 nitrogen and oxygen atoms in total. The van der Waals surface area contributed by atoms with Crippen molar-refractivity contribution in [3.63, 3.8) is 0 Å². The maximum absolute atomic E-state index is 15.0. The number of nitrogens with one attached hydrogen (secondary N) is 3. The maximum atomic E-state index is 15.0. The van der Waals surface area contributed by atoms with Crippen molar-refractivity contribution < 1.29 is 42.2 Å². The molecule has 15 heteroatoms. The second-order valence-electron chi connectivity index (χ2n) is 12.8. The van der Waals surface area contributed by atoms with Gasteiger partial charge < -0.3 is 30.2 Å². The number of likely N-dealkylation sites (tertiary alicyclic amines) is 1. The minimum Gasteiger partial charge on any atom is -0.506 e. The molecule has 2 amide bonds. The van der Waals surface area contributed by atoms with E-state index in [0.717, 1.165) is 11.1 Å². The Morgan fingerprint density at radius 2 is 1.69 bits per heavy atom. The number of fused-ring (bicyclic) bond motifs is 1. The van der Waals surface area contributed by atoms with Crippen molar-refractivity contribution in [2.24, 2.45) is 0 Å². The number of phenols is 1. The lowest BCUT2D eigenvalue weighted by atomic mass is 10.0. The molecule has 0 radical (unpaired) electrons. The third-order valence-electron chi connectivity index (χ3n) is 9.27. The van der Waals surface area contributed by atoms with E-state index >= 15 is 4.48 Å². The van der Waals surface area contributed by atoms with Crippen LogP contribution in [0.5, 0.6) is 5.75 Å². The Morgan fingerprint density at radius 3 is 2.44 bits per heavy atom. The number of hydrogen-bond donors (Lipinski definition) is 5. The summed E-state index contributed by atoms with van der Waals surface area (Å²) >= 11 is 0. The highest BCUT2D eigenvalue weighted by atomic mass is 19.2. The van der Waals surface area contributed by atoms with Crippen LogP contribution in [0.1, 0.15) is 36.5 Å². The molecule has 1 aliphatic heterocycles. The van der Waals surface area contributed by atoms with Crippen LogP contribution in [0, 0.1) is 17.5 Å². The number of pyridine rings is 1. The highest BCUT2D eigenvalue weighted by Gasteiger charge is 2.28. The zero-order chi connectivity index (χ0) is 38.4. The molecule has 2 heterocycles. The summed E-state index contributed by atoms with van der Waals surface area (Å²) in [6.07, 6.45) is -1.78. The number of nitrogens with zero attached hydrogens (tertiary/aromatic N) is 2. The van der Waals surface area contributed by atoms with E-state index < -0.39 is 76.6 Å². The smallest absolute Gasteiger partial charge is 0.411 e. The maximum Gasteiger partial charge on any atom is 0.411 e. The molecule has 6 rings (SSSR count). The fraction of sp³-hybridized carbons (Fsp3) is 0.256. The van der Waals surface area contributed by atoms with Crippen molar-refractivity contribution in [1.29, 1.82) is 0 Å². The molecule has 1 aromatic heterocycles. The van der Waals surface area contributed by atoms with E-state index in [2.05, 4.69) is 15.6 Å². The summed E-state index contributed by atoms with van der Waals surface area (Å²) in [7, 11) is 0.